The molecule has 7 nitrogen and oxygen atoms in total. The molecule has 2 aliphatic rings. The first-order valence-electron chi connectivity index (χ1n) is 8.67. The van der Waals surface area contributed by atoms with Crippen LogP contribution in [0.25, 0.3) is 0 Å². The molecular weight excluding hydrogens is 356 g/mol. The van der Waals surface area contributed by atoms with Crippen molar-refractivity contribution in [2.45, 2.75) is 25.4 Å². The highest BCUT2D eigenvalue weighted by molar-refractivity contribution is 7.98. The Morgan fingerprint density at radius 1 is 1.42 bits per heavy atom. The van der Waals surface area contributed by atoms with Gasteiger partial charge in [0.15, 0.2) is 11.5 Å². The van der Waals surface area contributed by atoms with Gasteiger partial charge in [-0.3, -0.25) is 9.59 Å². The van der Waals surface area contributed by atoms with Gasteiger partial charge in [0.25, 0.3) is 0 Å². The molecule has 2 atom stereocenters. The van der Waals surface area contributed by atoms with Crippen molar-refractivity contribution in [2.24, 2.45) is 5.92 Å². The topological polar surface area (TPSA) is 88.1 Å². The lowest BCUT2D eigenvalue weighted by Gasteiger charge is -2.19. The van der Waals surface area contributed by atoms with E-state index >= 15 is 0 Å². The minimum atomic E-state index is -0.375. The van der Waals surface area contributed by atoms with E-state index in [0.29, 0.717) is 31.0 Å². The average Bonchev–Trinajstić information content (AvgIpc) is 3.25. The number of benzene rings is 1. The Labute approximate surface area is 157 Å². The van der Waals surface area contributed by atoms with Crippen LogP contribution in [0, 0.1) is 5.92 Å². The second-order valence-electron chi connectivity index (χ2n) is 6.53. The number of aliphatic hydroxyl groups is 1. The van der Waals surface area contributed by atoms with Crippen LogP contribution >= 0.6 is 11.8 Å². The molecule has 0 spiro atoms. The van der Waals surface area contributed by atoms with Gasteiger partial charge in [-0.1, -0.05) is 6.07 Å². The first-order chi connectivity index (χ1) is 12.6. The lowest BCUT2D eigenvalue weighted by atomic mass is 10.1. The van der Waals surface area contributed by atoms with E-state index in [2.05, 4.69) is 5.32 Å². The molecule has 1 fully saturated rings. The fraction of sp³-hybridized carbons (Fsp3) is 0.556. The van der Waals surface area contributed by atoms with Crippen molar-refractivity contribution in [3.05, 3.63) is 23.8 Å². The maximum Gasteiger partial charge on any atom is 0.231 e. The molecule has 0 unspecified atom stereocenters. The van der Waals surface area contributed by atoms with Gasteiger partial charge >= 0.3 is 0 Å². The zero-order valence-corrected chi connectivity index (χ0v) is 15.6. The van der Waals surface area contributed by atoms with Gasteiger partial charge in [-0.2, -0.15) is 11.8 Å². The van der Waals surface area contributed by atoms with Crippen LogP contribution < -0.4 is 14.8 Å². The highest BCUT2D eigenvalue weighted by Gasteiger charge is 2.35. The summed E-state index contributed by atoms with van der Waals surface area (Å²) in [5.41, 5.74) is 0.942. The molecule has 2 amide bonds. The summed E-state index contributed by atoms with van der Waals surface area (Å²) in [5, 5.41) is 12.3. The average molecular weight is 380 g/mol. The fourth-order valence-electron chi connectivity index (χ4n) is 3.15. The van der Waals surface area contributed by atoms with Gasteiger partial charge in [0.05, 0.1) is 18.6 Å². The summed E-state index contributed by atoms with van der Waals surface area (Å²) < 4.78 is 10.7. The predicted molar refractivity (Wildman–Crippen MR) is 98.1 cm³/mol. The highest BCUT2D eigenvalue weighted by Crippen LogP contribution is 2.33. The quantitative estimate of drug-likeness (QED) is 0.699. The number of likely N-dealkylation sites (tertiary alicyclic amines) is 1. The van der Waals surface area contributed by atoms with E-state index in [1.54, 1.807) is 16.7 Å². The summed E-state index contributed by atoms with van der Waals surface area (Å²) in [4.78, 5) is 26.4. The van der Waals surface area contributed by atoms with Gasteiger partial charge in [0.2, 0.25) is 18.6 Å². The van der Waals surface area contributed by atoms with Gasteiger partial charge in [-0.15, -0.1) is 0 Å². The second kappa shape index (κ2) is 8.64. The highest BCUT2D eigenvalue weighted by atomic mass is 32.2. The van der Waals surface area contributed by atoms with Gasteiger partial charge in [0.1, 0.15) is 0 Å². The molecule has 0 aromatic heterocycles. The number of amides is 2. The Bertz CT molecular complexity index is 669. The van der Waals surface area contributed by atoms with Gasteiger partial charge in [-0.25, -0.2) is 0 Å². The van der Waals surface area contributed by atoms with Crippen LogP contribution in [0.5, 0.6) is 11.5 Å². The van der Waals surface area contributed by atoms with Crippen LogP contribution in [0.2, 0.25) is 0 Å². The molecule has 2 heterocycles. The minimum absolute atomic E-state index is 0.0347. The number of fused-ring (bicyclic) bond motifs is 1. The number of carbonyl (C=O) groups excluding carboxylic acids is 2. The van der Waals surface area contributed by atoms with Crippen LogP contribution in [-0.2, 0) is 16.1 Å². The van der Waals surface area contributed by atoms with E-state index in [1.807, 2.05) is 24.5 Å². The van der Waals surface area contributed by atoms with Crippen molar-refractivity contribution in [1.82, 2.24) is 10.2 Å². The van der Waals surface area contributed by atoms with E-state index in [9.17, 15) is 14.7 Å². The van der Waals surface area contributed by atoms with Crippen LogP contribution in [0.15, 0.2) is 18.2 Å². The molecular formula is C18H24N2O5S. The van der Waals surface area contributed by atoms with Crippen molar-refractivity contribution >= 4 is 23.6 Å². The molecule has 1 aromatic rings. The Hall–Kier alpha value is -1.93. The lowest BCUT2D eigenvalue weighted by molar-refractivity contribution is -0.129. The standard InChI is InChI=1S/C18H24N2O5S/c1-26-5-4-14(10-21)19-18(23)13-7-17(22)20(9-13)8-12-2-3-15-16(6-12)25-11-24-15/h2-3,6,13-14,21H,4-5,7-11H2,1H3,(H,19,23)/t13-,14+/m1/s1. The Kier molecular flexibility index (Phi) is 6.26. The fourth-order valence-corrected chi connectivity index (χ4v) is 3.67. The molecule has 142 valence electrons. The number of ether oxygens (including phenoxy) is 2. The largest absolute Gasteiger partial charge is 0.454 e. The zero-order chi connectivity index (χ0) is 18.5. The molecule has 2 N–H and O–H groups in total. The Morgan fingerprint density at radius 3 is 3.00 bits per heavy atom. The van der Waals surface area contributed by atoms with Crippen LogP contribution in [-0.4, -0.2) is 59.8 Å². The molecule has 0 radical (unpaired) electrons. The molecule has 0 aliphatic carbocycles. The third kappa shape index (κ3) is 4.42. The van der Waals surface area contributed by atoms with E-state index in [1.165, 1.54) is 0 Å². The van der Waals surface area contributed by atoms with E-state index in [-0.39, 0.29) is 43.6 Å². The number of hydrogen-bond donors (Lipinski definition) is 2. The van der Waals surface area contributed by atoms with Gasteiger partial charge in [0, 0.05) is 19.5 Å². The van der Waals surface area contributed by atoms with Crippen LogP contribution in [0.1, 0.15) is 18.4 Å². The van der Waals surface area contributed by atoms with Crippen molar-refractivity contribution in [1.29, 1.82) is 0 Å². The normalized spacial score (nSPS) is 19.7. The number of nitrogens with one attached hydrogen (secondary N) is 1. The van der Waals surface area contributed by atoms with Gasteiger partial charge < -0.3 is 24.8 Å². The molecule has 8 heteroatoms. The Morgan fingerprint density at radius 2 is 2.23 bits per heavy atom. The first kappa shape index (κ1) is 18.8. The third-order valence-corrected chi connectivity index (χ3v) is 5.28. The summed E-state index contributed by atoms with van der Waals surface area (Å²) in [7, 11) is 0. The molecule has 3 rings (SSSR count). The summed E-state index contributed by atoms with van der Waals surface area (Å²) in [6, 6.07) is 5.35. The summed E-state index contributed by atoms with van der Waals surface area (Å²) in [5.74, 6) is 1.69. The first-order valence-corrected chi connectivity index (χ1v) is 10.1. The van der Waals surface area contributed by atoms with Crippen molar-refractivity contribution in [3.8, 4) is 11.5 Å². The Balaban J connectivity index is 1.55. The number of hydrogen-bond acceptors (Lipinski definition) is 6. The third-order valence-electron chi connectivity index (χ3n) is 4.63. The number of aliphatic hydroxyl groups excluding tert-OH is 1. The summed E-state index contributed by atoms with van der Waals surface area (Å²) >= 11 is 1.67. The van der Waals surface area contributed by atoms with Crippen LogP contribution in [0.3, 0.4) is 0 Å². The smallest absolute Gasteiger partial charge is 0.231 e. The molecule has 0 saturated carbocycles. The van der Waals surface area contributed by atoms with Crippen molar-refractivity contribution in [3.63, 3.8) is 0 Å². The molecule has 1 aromatic carbocycles. The molecule has 26 heavy (non-hydrogen) atoms. The number of nitrogens with zero attached hydrogens (tertiary/aromatic N) is 1. The molecule has 1 saturated heterocycles. The van der Waals surface area contributed by atoms with Crippen LogP contribution in [0.4, 0.5) is 0 Å². The molecule has 0 bridgehead atoms. The van der Waals surface area contributed by atoms with Crippen molar-refractivity contribution < 1.29 is 24.2 Å². The maximum atomic E-state index is 12.4. The summed E-state index contributed by atoms with van der Waals surface area (Å²) in [6.07, 6.45) is 2.90. The summed E-state index contributed by atoms with van der Waals surface area (Å²) in [6.45, 7) is 0.953. The monoisotopic (exact) mass is 380 g/mol. The SMILES string of the molecule is CSCC[C@@H](CO)NC(=O)[C@@H]1CC(=O)N(Cc2ccc3c(c2)OCO3)C1. The van der Waals surface area contributed by atoms with Gasteiger partial charge in [-0.05, 0) is 36.1 Å². The maximum absolute atomic E-state index is 12.4. The van der Waals surface area contributed by atoms with E-state index < -0.39 is 0 Å². The zero-order valence-electron chi connectivity index (χ0n) is 14.8. The van der Waals surface area contributed by atoms with E-state index in [4.69, 9.17) is 9.47 Å². The number of carbonyl (C=O) groups is 2. The lowest BCUT2D eigenvalue weighted by Crippen LogP contribution is -2.42. The molecule has 2 aliphatic heterocycles. The number of rotatable bonds is 8. The van der Waals surface area contributed by atoms with E-state index in [0.717, 1.165) is 11.3 Å². The number of thioether (sulfide) groups is 1. The predicted octanol–water partition coefficient (Wildman–Crippen LogP) is 0.994. The second-order valence-corrected chi connectivity index (χ2v) is 7.52. The minimum Gasteiger partial charge on any atom is -0.454 e. The van der Waals surface area contributed by atoms with Crippen molar-refractivity contribution in [2.75, 3.05) is 32.0 Å².